The van der Waals surface area contributed by atoms with Crippen LogP contribution in [-0.4, -0.2) is 32.2 Å². The first-order valence-corrected chi connectivity index (χ1v) is 12.0. The molecule has 3 aromatic rings. The summed E-state index contributed by atoms with van der Waals surface area (Å²) in [5.41, 5.74) is 12.2. The number of nitrogens with two attached hydrogens (primary N) is 1. The summed E-state index contributed by atoms with van der Waals surface area (Å²) in [7, 11) is 3.93. The van der Waals surface area contributed by atoms with Gasteiger partial charge in [-0.05, 0) is 50.1 Å². The highest BCUT2D eigenvalue weighted by Crippen LogP contribution is 2.38. The van der Waals surface area contributed by atoms with Crippen LogP contribution < -0.4 is 26.1 Å². The third-order valence-corrected chi connectivity index (χ3v) is 6.36. The Morgan fingerprint density at radius 2 is 1.92 bits per heavy atom. The number of nitrogens with zero attached hydrogens (tertiary/aromatic N) is 2. The molecule has 5 rings (SSSR count). The molecule has 0 spiro atoms. The van der Waals surface area contributed by atoms with Crippen LogP contribution in [0.4, 0.5) is 17.1 Å². The van der Waals surface area contributed by atoms with Gasteiger partial charge in [0.25, 0.3) is 0 Å². The van der Waals surface area contributed by atoms with Crippen molar-refractivity contribution >= 4 is 38.9 Å². The summed E-state index contributed by atoms with van der Waals surface area (Å²) in [5.74, 6) is 1.28. The molecule has 0 saturated carbocycles. The van der Waals surface area contributed by atoms with Gasteiger partial charge in [0.2, 0.25) is 5.43 Å². The third kappa shape index (κ3) is 4.28. The van der Waals surface area contributed by atoms with Crippen LogP contribution in [0.1, 0.15) is 17.5 Å². The van der Waals surface area contributed by atoms with Crippen molar-refractivity contribution < 1.29 is 9.15 Å². The number of nitrogen functional groups attached to an aromatic ring is 1. The van der Waals surface area contributed by atoms with Gasteiger partial charge in [-0.2, -0.15) is 0 Å². The number of hydrogen-bond acceptors (Lipinski definition) is 7. The van der Waals surface area contributed by atoms with E-state index < -0.39 is 0 Å². The van der Waals surface area contributed by atoms with E-state index >= 15 is 0 Å². The van der Waals surface area contributed by atoms with Crippen molar-refractivity contribution in [2.24, 2.45) is 0 Å². The number of anilines is 3. The van der Waals surface area contributed by atoms with E-state index in [2.05, 4.69) is 18.3 Å². The Bertz CT molecular complexity index is 1610. The van der Waals surface area contributed by atoms with E-state index in [9.17, 15) is 4.79 Å². The molecule has 3 aromatic carbocycles. The molecule has 184 valence electrons. The van der Waals surface area contributed by atoms with Gasteiger partial charge in [0.05, 0.1) is 6.61 Å². The van der Waals surface area contributed by atoms with E-state index in [-0.39, 0.29) is 5.43 Å². The highest BCUT2D eigenvalue weighted by Gasteiger charge is 2.23. The quantitative estimate of drug-likeness (QED) is 0.135. The van der Waals surface area contributed by atoms with Gasteiger partial charge in [-0.15, -0.1) is 0 Å². The monoisotopic (exact) mass is 482 g/mol. The van der Waals surface area contributed by atoms with Crippen molar-refractivity contribution in [1.29, 1.82) is 0 Å². The molecule has 2 aliphatic rings. The standard InChI is InChI=1S/C29H30N4O3/c1-17-9-12-23(18(2)15-17)35-14-6-13-31-27-28(34)20-7-5-8-21(30)25(20)26-29(27)36-24-16-19(33(3)4)10-11-22(24)32-26/h5,7-12,15-16,31H,6,13-14,30H2,1-4H3. The van der Waals surface area contributed by atoms with E-state index in [0.717, 1.165) is 17.0 Å². The molecule has 0 bridgehead atoms. The second kappa shape index (κ2) is 9.41. The Balaban J connectivity index is 1.50. The lowest BCUT2D eigenvalue weighted by Gasteiger charge is -2.17. The molecule has 36 heavy (non-hydrogen) atoms. The minimum absolute atomic E-state index is 0.159. The van der Waals surface area contributed by atoms with Crippen LogP contribution in [0.3, 0.4) is 0 Å². The highest BCUT2D eigenvalue weighted by molar-refractivity contribution is 6.07. The van der Waals surface area contributed by atoms with Crippen molar-refractivity contribution in [1.82, 2.24) is 4.98 Å². The largest absolute Gasteiger partial charge is 0.493 e. The van der Waals surface area contributed by atoms with E-state index in [1.54, 1.807) is 18.2 Å². The molecule has 0 saturated heterocycles. The van der Waals surface area contributed by atoms with Crippen LogP contribution in [0.25, 0.3) is 33.3 Å². The minimum Gasteiger partial charge on any atom is -0.493 e. The second-order valence-electron chi connectivity index (χ2n) is 9.31. The molecule has 0 atom stereocenters. The summed E-state index contributed by atoms with van der Waals surface area (Å²) in [6, 6.07) is 17.3. The topological polar surface area (TPSA) is 93.6 Å². The summed E-state index contributed by atoms with van der Waals surface area (Å²) in [5, 5.41) is 4.43. The zero-order valence-corrected chi connectivity index (χ0v) is 21.0. The molecule has 0 fully saturated rings. The highest BCUT2D eigenvalue weighted by atomic mass is 16.5. The Kier molecular flexibility index (Phi) is 6.14. The van der Waals surface area contributed by atoms with Gasteiger partial charge in [0.15, 0.2) is 11.3 Å². The van der Waals surface area contributed by atoms with Crippen LogP contribution in [0.5, 0.6) is 5.75 Å². The predicted molar refractivity (Wildman–Crippen MR) is 148 cm³/mol. The van der Waals surface area contributed by atoms with Crippen LogP contribution in [-0.2, 0) is 0 Å². The van der Waals surface area contributed by atoms with Crippen molar-refractivity contribution in [3.05, 3.63) is 75.9 Å². The van der Waals surface area contributed by atoms with Crippen molar-refractivity contribution in [3.63, 3.8) is 0 Å². The summed E-state index contributed by atoms with van der Waals surface area (Å²) in [6.07, 6.45) is 0.703. The van der Waals surface area contributed by atoms with Crippen molar-refractivity contribution in [2.75, 3.05) is 43.2 Å². The maximum Gasteiger partial charge on any atom is 0.213 e. The lowest BCUT2D eigenvalue weighted by molar-refractivity contribution is 0.313. The Morgan fingerprint density at radius 3 is 2.69 bits per heavy atom. The lowest BCUT2D eigenvalue weighted by atomic mass is 10.0. The van der Waals surface area contributed by atoms with Crippen LogP contribution in [0.2, 0.25) is 0 Å². The summed E-state index contributed by atoms with van der Waals surface area (Å²) < 4.78 is 12.3. The summed E-state index contributed by atoms with van der Waals surface area (Å²) >= 11 is 0. The van der Waals surface area contributed by atoms with E-state index in [1.807, 2.05) is 56.3 Å². The van der Waals surface area contributed by atoms with Crippen LogP contribution in [0.15, 0.2) is 63.8 Å². The van der Waals surface area contributed by atoms with Crippen molar-refractivity contribution in [2.45, 2.75) is 20.3 Å². The number of hydrogen-bond donors (Lipinski definition) is 2. The first kappa shape index (κ1) is 23.5. The zero-order valence-electron chi connectivity index (χ0n) is 21.0. The fraction of sp³-hybridized carbons (Fsp3) is 0.241. The average molecular weight is 483 g/mol. The molecule has 0 amide bonds. The van der Waals surface area contributed by atoms with E-state index in [0.29, 0.717) is 64.3 Å². The molecule has 3 N–H and O–H groups in total. The number of rotatable bonds is 7. The fourth-order valence-electron chi connectivity index (χ4n) is 4.47. The second-order valence-corrected chi connectivity index (χ2v) is 9.31. The molecule has 7 nitrogen and oxygen atoms in total. The smallest absolute Gasteiger partial charge is 0.213 e. The molecule has 0 aromatic heterocycles. The normalized spacial score (nSPS) is 11.3. The summed E-state index contributed by atoms with van der Waals surface area (Å²) in [6.45, 7) is 5.16. The molecule has 7 heteroatoms. The Hall–Kier alpha value is -4.26. The lowest BCUT2D eigenvalue weighted by Crippen LogP contribution is -2.17. The molecule has 1 heterocycles. The van der Waals surface area contributed by atoms with E-state index in [1.165, 1.54) is 5.56 Å². The zero-order chi connectivity index (χ0) is 25.4. The number of aryl methyl sites for hydroxylation is 2. The van der Waals surface area contributed by atoms with Gasteiger partial charge >= 0.3 is 0 Å². The predicted octanol–water partition coefficient (Wildman–Crippen LogP) is 5.59. The Morgan fingerprint density at radius 1 is 1.08 bits per heavy atom. The van der Waals surface area contributed by atoms with Gasteiger partial charge in [-0.1, -0.05) is 29.8 Å². The third-order valence-electron chi connectivity index (χ3n) is 6.36. The minimum atomic E-state index is -0.159. The van der Waals surface area contributed by atoms with Crippen LogP contribution in [0, 0.1) is 13.8 Å². The number of nitrogens with one attached hydrogen (secondary N) is 1. The van der Waals surface area contributed by atoms with Gasteiger partial charge in [-0.3, -0.25) is 4.79 Å². The molecule has 1 aliphatic heterocycles. The number of aromatic nitrogens is 1. The number of fused-ring (bicyclic) bond motifs is 4. The molecule has 0 radical (unpaired) electrons. The Labute approximate surface area is 209 Å². The summed E-state index contributed by atoms with van der Waals surface area (Å²) in [4.78, 5) is 20.4. The van der Waals surface area contributed by atoms with E-state index in [4.69, 9.17) is 19.9 Å². The van der Waals surface area contributed by atoms with Gasteiger partial charge < -0.3 is 25.1 Å². The van der Waals surface area contributed by atoms with Crippen LogP contribution >= 0.6 is 0 Å². The van der Waals surface area contributed by atoms with Crippen molar-refractivity contribution in [3.8, 4) is 17.2 Å². The first-order valence-electron chi connectivity index (χ1n) is 12.0. The maximum atomic E-state index is 13.5. The molecular weight excluding hydrogens is 452 g/mol. The molecular formula is C29H30N4O3. The SMILES string of the molecule is Cc1ccc(OCCCNc2c3oc4cc(N(C)C)ccc4nc-3c3c(N)cccc3c2=O)c(C)c1. The molecule has 1 aliphatic carbocycles. The molecule has 0 unspecified atom stereocenters. The van der Waals surface area contributed by atoms with Gasteiger partial charge in [-0.25, -0.2) is 4.98 Å². The number of benzene rings is 4. The first-order chi connectivity index (χ1) is 17.3. The fourth-order valence-corrected chi connectivity index (χ4v) is 4.47. The average Bonchev–Trinajstić information content (AvgIpc) is 2.85. The maximum absolute atomic E-state index is 13.5. The number of ether oxygens (including phenoxy) is 1. The van der Waals surface area contributed by atoms with Gasteiger partial charge in [0, 0.05) is 48.9 Å². The van der Waals surface area contributed by atoms with Gasteiger partial charge in [0.1, 0.15) is 22.6 Å².